The van der Waals surface area contributed by atoms with Crippen molar-refractivity contribution in [1.82, 2.24) is 0 Å². The largest absolute Gasteiger partial charge is 0.426 e. The molecule has 7 heteroatoms. The van der Waals surface area contributed by atoms with Crippen LogP contribution in [0.3, 0.4) is 0 Å². The Morgan fingerprint density at radius 2 is 1.48 bits per heavy atom. The Balaban J connectivity index is 1.96. The second kappa shape index (κ2) is 9.41. The Labute approximate surface area is 158 Å². The fourth-order valence-electron chi connectivity index (χ4n) is 2.43. The van der Waals surface area contributed by atoms with E-state index in [2.05, 4.69) is 0 Å². The van der Waals surface area contributed by atoms with Gasteiger partial charge in [0.1, 0.15) is 17.3 Å². The smallest absolute Gasteiger partial charge is 0.326 e. The molecular weight excluding hydrogens is 371 g/mol. The number of halogens is 1. The van der Waals surface area contributed by atoms with E-state index in [1.165, 1.54) is 48.5 Å². The van der Waals surface area contributed by atoms with Crippen molar-refractivity contribution in [2.24, 2.45) is 0 Å². The van der Waals surface area contributed by atoms with E-state index in [0.717, 1.165) is 12.8 Å². The molecule has 2 aromatic rings. The molecule has 0 aliphatic rings. The number of carbonyl (C=O) groups is 2. The molecule has 0 radical (unpaired) electrons. The SMILES string of the molecule is CCCCCS(=O)(=O)CC(=O)Oc1ccc(C(=O)c2ccc(F)cc2)cc1. The average molecular weight is 392 g/mol. The molecule has 144 valence electrons. The van der Waals surface area contributed by atoms with Crippen molar-refractivity contribution < 1.29 is 27.1 Å². The molecule has 5 nitrogen and oxygen atoms in total. The molecular formula is C20H21FO5S. The molecule has 0 bridgehead atoms. The number of hydrogen-bond donors (Lipinski definition) is 0. The van der Waals surface area contributed by atoms with Gasteiger partial charge in [0.2, 0.25) is 0 Å². The molecule has 0 unspecified atom stereocenters. The molecule has 0 amide bonds. The molecule has 2 aromatic carbocycles. The zero-order valence-electron chi connectivity index (χ0n) is 15.0. The molecule has 0 saturated carbocycles. The van der Waals surface area contributed by atoms with Gasteiger partial charge in [0.15, 0.2) is 15.6 Å². The van der Waals surface area contributed by atoms with Crippen molar-refractivity contribution in [1.29, 1.82) is 0 Å². The van der Waals surface area contributed by atoms with E-state index in [4.69, 9.17) is 4.74 Å². The van der Waals surface area contributed by atoms with E-state index in [1.807, 2.05) is 6.92 Å². The number of ether oxygens (including phenoxy) is 1. The van der Waals surface area contributed by atoms with Crippen LogP contribution in [0, 0.1) is 5.82 Å². The van der Waals surface area contributed by atoms with Gasteiger partial charge in [0.05, 0.1) is 5.75 Å². The molecule has 0 aromatic heterocycles. The molecule has 0 fully saturated rings. The second-order valence-electron chi connectivity index (χ2n) is 6.13. The van der Waals surface area contributed by atoms with Gasteiger partial charge in [-0.25, -0.2) is 12.8 Å². The van der Waals surface area contributed by atoms with Crippen molar-refractivity contribution in [3.05, 3.63) is 65.5 Å². The van der Waals surface area contributed by atoms with Crippen molar-refractivity contribution in [2.75, 3.05) is 11.5 Å². The fraction of sp³-hybridized carbons (Fsp3) is 0.300. The van der Waals surface area contributed by atoms with E-state index < -0.39 is 27.4 Å². The summed E-state index contributed by atoms with van der Waals surface area (Å²) >= 11 is 0. The monoisotopic (exact) mass is 392 g/mol. The highest BCUT2D eigenvalue weighted by molar-refractivity contribution is 7.92. The van der Waals surface area contributed by atoms with Gasteiger partial charge < -0.3 is 4.74 Å². The van der Waals surface area contributed by atoms with Crippen LogP contribution in [-0.4, -0.2) is 31.7 Å². The van der Waals surface area contributed by atoms with Crippen molar-refractivity contribution in [3.8, 4) is 5.75 Å². The third-order valence-corrected chi connectivity index (χ3v) is 5.44. The summed E-state index contributed by atoms with van der Waals surface area (Å²) in [5.41, 5.74) is 0.674. The minimum Gasteiger partial charge on any atom is -0.426 e. The number of benzene rings is 2. The topological polar surface area (TPSA) is 77.5 Å². The van der Waals surface area contributed by atoms with E-state index in [-0.39, 0.29) is 17.3 Å². The summed E-state index contributed by atoms with van der Waals surface area (Å²) in [6, 6.07) is 10.9. The van der Waals surface area contributed by atoms with Crippen LogP contribution in [0.1, 0.15) is 42.1 Å². The predicted octanol–water partition coefficient (Wildman–Crippen LogP) is 3.57. The second-order valence-corrected chi connectivity index (χ2v) is 8.32. The first-order valence-electron chi connectivity index (χ1n) is 8.62. The summed E-state index contributed by atoms with van der Waals surface area (Å²) in [4.78, 5) is 24.1. The lowest BCUT2D eigenvalue weighted by Gasteiger charge is -2.07. The first kappa shape index (κ1) is 20.8. The van der Waals surface area contributed by atoms with Gasteiger partial charge in [0, 0.05) is 11.1 Å². The molecule has 0 N–H and O–H groups in total. The maximum atomic E-state index is 12.9. The number of carbonyl (C=O) groups excluding carboxylic acids is 2. The molecule has 0 spiro atoms. The van der Waals surface area contributed by atoms with E-state index in [1.54, 1.807) is 0 Å². The minimum absolute atomic E-state index is 0.0406. The van der Waals surface area contributed by atoms with Crippen LogP contribution in [0.4, 0.5) is 4.39 Å². The molecule has 0 heterocycles. The van der Waals surface area contributed by atoms with Gasteiger partial charge in [0.25, 0.3) is 0 Å². The standard InChI is InChI=1S/C20H21FO5S/c1-2-3-4-13-27(24,25)14-19(22)26-18-11-7-16(8-12-18)20(23)15-5-9-17(21)10-6-15/h5-12H,2-4,13-14H2,1H3. The van der Waals surface area contributed by atoms with Crippen molar-refractivity contribution in [3.63, 3.8) is 0 Å². The van der Waals surface area contributed by atoms with Crippen LogP contribution in [-0.2, 0) is 14.6 Å². The van der Waals surface area contributed by atoms with Crippen LogP contribution >= 0.6 is 0 Å². The summed E-state index contributed by atoms with van der Waals surface area (Å²) in [5.74, 6) is -2.15. The summed E-state index contributed by atoms with van der Waals surface area (Å²) in [7, 11) is -3.49. The van der Waals surface area contributed by atoms with Crippen LogP contribution < -0.4 is 4.74 Å². The Bertz CT molecular complexity index is 887. The first-order valence-corrected chi connectivity index (χ1v) is 10.4. The number of esters is 1. The van der Waals surface area contributed by atoms with E-state index in [0.29, 0.717) is 17.5 Å². The lowest BCUT2D eigenvalue weighted by atomic mass is 10.0. The molecule has 2 rings (SSSR count). The van der Waals surface area contributed by atoms with E-state index in [9.17, 15) is 22.4 Å². The molecule has 0 aliphatic carbocycles. The van der Waals surface area contributed by atoms with Crippen LogP contribution in [0.2, 0.25) is 0 Å². The Hall–Kier alpha value is -2.54. The van der Waals surface area contributed by atoms with Crippen molar-refractivity contribution >= 4 is 21.6 Å². The highest BCUT2D eigenvalue weighted by Crippen LogP contribution is 2.16. The van der Waals surface area contributed by atoms with Crippen LogP contribution in [0.5, 0.6) is 5.75 Å². The van der Waals surface area contributed by atoms with Gasteiger partial charge in [-0.2, -0.15) is 0 Å². The van der Waals surface area contributed by atoms with Gasteiger partial charge in [-0.3, -0.25) is 9.59 Å². The lowest BCUT2D eigenvalue weighted by Crippen LogP contribution is -2.23. The fourth-order valence-corrected chi connectivity index (χ4v) is 3.63. The number of ketones is 1. The van der Waals surface area contributed by atoms with Gasteiger partial charge >= 0.3 is 5.97 Å². The first-order chi connectivity index (χ1) is 12.8. The average Bonchev–Trinajstić information content (AvgIpc) is 2.62. The van der Waals surface area contributed by atoms with Gasteiger partial charge in [-0.15, -0.1) is 0 Å². The Morgan fingerprint density at radius 3 is 2.04 bits per heavy atom. The zero-order chi connectivity index (χ0) is 19.9. The number of rotatable bonds is 9. The molecule has 0 aliphatic heterocycles. The lowest BCUT2D eigenvalue weighted by molar-refractivity contribution is -0.131. The molecule has 0 saturated heterocycles. The van der Waals surface area contributed by atoms with Gasteiger partial charge in [-0.05, 0) is 55.0 Å². The third-order valence-electron chi connectivity index (χ3n) is 3.85. The Kier molecular flexibility index (Phi) is 7.24. The number of sulfone groups is 1. The summed E-state index contributed by atoms with van der Waals surface area (Å²) < 4.78 is 41.7. The normalized spacial score (nSPS) is 11.2. The quantitative estimate of drug-likeness (QED) is 0.282. The highest BCUT2D eigenvalue weighted by atomic mass is 32.2. The van der Waals surface area contributed by atoms with Crippen molar-refractivity contribution in [2.45, 2.75) is 26.2 Å². The molecule has 27 heavy (non-hydrogen) atoms. The molecule has 0 atom stereocenters. The van der Waals surface area contributed by atoms with Crippen LogP contribution in [0.15, 0.2) is 48.5 Å². The predicted molar refractivity (Wildman–Crippen MR) is 100 cm³/mol. The summed E-state index contributed by atoms with van der Waals surface area (Å²) in [5, 5.41) is 0. The maximum absolute atomic E-state index is 12.9. The minimum atomic E-state index is -3.49. The van der Waals surface area contributed by atoms with E-state index >= 15 is 0 Å². The Morgan fingerprint density at radius 1 is 0.926 bits per heavy atom. The van der Waals surface area contributed by atoms with Gasteiger partial charge in [-0.1, -0.05) is 19.8 Å². The van der Waals surface area contributed by atoms with Crippen LogP contribution in [0.25, 0.3) is 0 Å². The number of hydrogen-bond acceptors (Lipinski definition) is 5. The maximum Gasteiger partial charge on any atom is 0.326 e. The summed E-state index contributed by atoms with van der Waals surface area (Å²) in [6.07, 6.45) is 2.20. The highest BCUT2D eigenvalue weighted by Gasteiger charge is 2.18. The number of unbranched alkanes of at least 4 members (excludes halogenated alkanes) is 2. The zero-order valence-corrected chi connectivity index (χ0v) is 15.8. The third kappa shape index (κ3) is 6.60. The summed E-state index contributed by atoms with van der Waals surface area (Å²) in [6.45, 7) is 1.96.